The van der Waals surface area contributed by atoms with Crippen LogP contribution in [0.3, 0.4) is 0 Å². The largest absolute Gasteiger partial charge is 0.402 e. The molecule has 2 aromatic carbocycles. The van der Waals surface area contributed by atoms with E-state index in [9.17, 15) is 14.9 Å². The molecule has 0 amide bonds. The minimum atomic E-state index is -0.650. The molecule has 3 rings (SSSR count). The number of cyclic esters (lactones) is 1. The van der Waals surface area contributed by atoms with Gasteiger partial charge in [-0.3, -0.25) is 10.1 Å². The topological polar surface area (TPSA) is 81.8 Å². The van der Waals surface area contributed by atoms with Crippen LogP contribution in [0.4, 0.5) is 5.69 Å². The van der Waals surface area contributed by atoms with Crippen molar-refractivity contribution in [3.05, 3.63) is 79.4 Å². The van der Waals surface area contributed by atoms with Gasteiger partial charge in [0.1, 0.15) is 5.02 Å². The number of carbonyl (C=O) groups excluding carboxylic acids is 1. The van der Waals surface area contributed by atoms with Crippen molar-refractivity contribution in [2.45, 2.75) is 0 Å². The summed E-state index contributed by atoms with van der Waals surface area (Å²) in [6.45, 7) is 0. The number of nitro benzene ring substituents is 1. The van der Waals surface area contributed by atoms with E-state index in [0.717, 1.165) is 0 Å². The summed E-state index contributed by atoms with van der Waals surface area (Å²) in [6, 6.07) is 10.9. The quantitative estimate of drug-likeness (QED) is 0.353. The van der Waals surface area contributed by atoms with Crippen molar-refractivity contribution in [1.29, 1.82) is 0 Å². The van der Waals surface area contributed by atoms with Crippen LogP contribution in [0.25, 0.3) is 6.08 Å². The average Bonchev–Trinajstić information content (AvgIpc) is 2.88. The molecule has 0 fully saturated rings. The smallest absolute Gasteiger partial charge is 0.363 e. The molecule has 0 unspecified atom stereocenters. The molecule has 0 radical (unpaired) electrons. The van der Waals surface area contributed by atoms with E-state index in [0.29, 0.717) is 10.6 Å². The Balaban J connectivity index is 1.98. The molecule has 0 aromatic heterocycles. The predicted octanol–water partition coefficient (Wildman–Crippen LogP) is 4.25. The summed E-state index contributed by atoms with van der Waals surface area (Å²) in [4.78, 5) is 26.3. The second-order valence-corrected chi connectivity index (χ2v) is 5.66. The van der Waals surface area contributed by atoms with Crippen molar-refractivity contribution in [2.24, 2.45) is 4.99 Å². The Kier molecular flexibility index (Phi) is 4.33. The van der Waals surface area contributed by atoms with Crippen LogP contribution in [0, 0.1) is 10.1 Å². The first-order valence-corrected chi connectivity index (χ1v) is 7.42. The predicted molar refractivity (Wildman–Crippen MR) is 90.2 cm³/mol. The summed E-state index contributed by atoms with van der Waals surface area (Å²) in [7, 11) is 0. The fraction of sp³-hybridized carbons (Fsp3) is 0. The lowest BCUT2D eigenvalue weighted by Gasteiger charge is -2.00. The van der Waals surface area contributed by atoms with Crippen molar-refractivity contribution in [2.75, 3.05) is 0 Å². The van der Waals surface area contributed by atoms with Crippen molar-refractivity contribution >= 4 is 46.8 Å². The first-order valence-electron chi connectivity index (χ1n) is 6.66. The molecule has 0 bridgehead atoms. The fourth-order valence-electron chi connectivity index (χ4n) is 2.07. The van der Waals surface area contributed by atoms with Gasteiger partial charge < -0.3 is 4.74 Å². The standard InChI is InChI=1S/C16H8Cl2N2O4/c17-11-3-1-2-9(6-11)7-13-16(21)24-15(19-13)10-4-5-12(18)14(8-10)20(22)23/h1-8H/b13-7+. The van der Waals surface area contributed by atoms with Gasteiger partial charge in [0.05, 0.1) is 4.92 Å². The third-order valence-corrected chi connectivity index (χ3v) is 3.72. The van der Waals surface area contributed by atoms with E-state index in [1.54, 1.807) is 24.3 Å². The molecule has 0 spiro atoms. The van der Waals surface area contributed by atoms with Crippen LogP contribution in [0.15, 0.2) is 53.2 Å². The van der Waals surface area contributed by atoms with Crippen LogP contribution in [0.1, 0.15) is 11.1 Å². The van der Waals surface area contributed by atoms with Crippen LogP contribution in [0.2, 0.25) is 10.0 Å². The number of nitro groups is 1. The second kappa shape index (κ2) is 6.43. The van der Waals surface area contributed by atoms with Crippen molar-refractivity contribution in [3.8, 4) is 0 Å². The SMILES string of the molecule is O=C1OC(c2ccc(Cl)c([N+](=O)[O-])c2)=N/C1=C/c1cccc(Cl)c1. The van der Waals surface area contributed by atoms with Crippen LogP contribution >= 0.6 is 23.2 Å². The van der Waals surface area contributed by atoms with Gasteiger partial charge in [-0.15, -0.1) is 0 Å². The minimum absolute atomic E-state index is 0.0108. The molecule has 0 saturated heterocycles. The third-order valence-electron chi connectivity index (χ3n) is 3.16. The van der Waals surface area contributed by atoms with Gasteiger partial charge in [0.15, 0.2) is 5.70 Å². The lowest BCUT2D eigenvalue weighted by molar-refractivity contribution is -0.384. The zero-order valence-electron chi connectivity index (χ0n) is 11.9. The van der Waals surface area contributed by atoms with Crippen LogP contribution < -0.4 is 0 Å². The van der Waals surface area contributed by atoms with E-state index in [1.807, 2.05) is 0 Å². The maximum atomic E-state index is 11.9. The number of rotatable bonds is 3. The van der Waals surface area contributed by atoms with E-state index in [-0.39, 0.29) is 27.9 Å². The number of halogens is 2. The van der Waals surface area contributed by atoms with Crippen LogP contribution in [-0.4, -0.2) is 16.8 Å². The minimum Gasteiger partial charge on any atom is -0.402 e. The van der Waals surface area contributed by atoms with Gasteiger partial charge in [-0.05, 0) is 35.9 Å². The molecule has 1 heterocycles. The third kappa shape index (κ3) is 3.29. The van der Waals surface area contributed by atoms with E-state index < -0.39 is 10.9 Å². The lowest BCUT2D eigenvalue weighted by atomic mass is 10.2. The van der Waals surface area contributed by atoms with Crippen molar-refractivity contribution in [1.82, 2.24) is 0 Å². The Bertz CT molecular complexity index is 922. The highest BCUT2D eigenvalue weighted by Crippen LogP contribution is 2.27. The first kappa shape index (κ1) is 16.2. The maximum absolute atomic E-state index is 11.9. The molecule has 0 N–H and O–H groups in total. The number of hydrogen-bond acceptors (Lipinski definition) is 5. The Hall–Kier alpha value is -2.70. The van der Waals surface area contributed by atoms with Gasteiger partial charge in [-0.1, -0.05) is 35.3 Å². The Morgan fingerprint density at radius 3 is 2.67 bits per heavy atom. The number of carbonyl (C=O) groups is 1. The monoisotopic (exact) mass is 362 g/mol. The number of esters is 1. The van der Waals surface area contributed by atoms with Gasteiger partial charge >= 0.3 is 5.97 Å². The van der Waals surface area contributed by atoms with Gasteiger partial charge in [0.25, 0.3) is 5.69 Å². The van der Waals surface area contributed by atoms with Crippen molar-refractivity contribution in [3.63, 3.8) is 0 Å². The number of ether oxygens (including phenoxy) is 1. The number of aliphatic imine (C=N–C) groups is 1. The van der Waals surface area contributed by atoms with Gasteiger partial charge in [-0.25, -0.2) is 9.79 Å². The second-order valence-electron chi connectivity index (χ2n) is 4.81. The summed E-state index contributed by atoms with van der Waals surface area (Å²) in [5.41, 5.74) is 0.750. The molecule has 1 aliphatic heterocycles. The average molecular weight is 363 g/mol. The van der Waals surface area contributed by atoms with Gasteiger partial charge in [0.2, 0.25) is 5.90 Å². The zero-order valence-corrected chi connectivity index (χ0v) is 13.4. The number of benzene rings is 2. The van der Waals surface area contributed by atoms with E-state index in [2.05, 4.69) is 4.99 Å². The highest BCUT2D eigenvalue weighted by molar-refractivity contribution is 6.32. The summed E-state index contributed by atoms with van der Waals surface area (Å²) in [5, 5.41) is 11.5. The Morgan fingerprint density at radius 1 is 1.17 bits per heavy atom. The molecule has 1 aliphatic rings. The normalized spacial score (nSPS) is 15.3. The molecular formula is C16H8Cl2N2O4. The molecule has 24 heavy (non-hydrogen) atoms. The summed E-state index contributed by atoms with van der Waals surface area (Å²) in [5.74, 6) is -0.671. The van der Waals surface area contributed by atoms with Gasteiger partial charge in [0, 0.05) is 16.7 Å². The molecule has 0 atom stereocenters. The van der Waals surface area contributed by atoms with E-state index in [4.69, 9.17) is 27.9 Å². The van der Waals surface area contributed by atoms with E-state index in [1.165, 1.54) is 24.3 Å². The Morgan fingerprint density at radius 2 is 1.96 bits per heavy atom. The molecule has 6 nitrogen and oxygen atoms in total. The highest BCUT2D eigenvalue weighted by Gasteiger charge is 2.26. The van der Waals surface area contributed by atoms with Crippen LogP contribution in [0.5, 0.6) is 0 Å². The van der Waals surface area contributed by atoms with Gasteiger partial charge in [-0.2, -0.15) is 0 Å². The summed E-state index contributed by atoms with van der Waals surface area (Å²) >= 11 is 11.7. The maximum Gasteiger partial charge on any atom is 0.363 e. The van der Waals surface area contributed by atoms with E-state index >= 15 is 0 Å². The molecule has 8 heteroatoms. The van der Waals surface area contributed by atoms with Crippen LogP contribution in [-0.2, 0) is 9.53 Å². The van der Waals surface area contributed by atoms with Crippen molar-refractivity contribution < 1.29 is 14.5 Å². The number of hydrogen-bond donors (Lipinski definition) is 0. The lowest BCUT2D eigenvalue weighted by Crippen LogP contribution is -2.06. The molecule has 120 valence electrons. The molecule has 0 saturated carbocycles. The first-order chi connectivity index (χ1) is 11.4. The fourth-order valence-corrected chi connectivity index (χ4v) is 2.46. The summed E-state index contributed by atoms with van der Waals surface area (Å²) in [6.07, 6.45) is 1.52. The molecular weight excluding hydrogens is 355 g/mol. The summed E-state index contributed by atoms with van der Waals surface area (Å²) < 4.78 is 5.08. The molecule has 0 aliphatic carbocycles. The Labute approximate surface area is 146 Å². The highest BCUT2D eigenvalue weighted by atomic mass is 35.5. The zero-order chi connectivity index (χ0) is 17.3. The molecule has 2 aromatic rings. The number of nitrogens with zero attached hydrogens (tertiary/aromatic N) is 2.